The highest BCUT2D eigenvalue weighted by molar-refractivity contribution is 6.30. The number of esters is 1. The summed E-state index contributed by atoms with van der Waals surface area (Å²) in [6, 6.07) is 6.64. The topological polar surface area (TPSA) is 58.6 Å². The van der Waals surface area contributed by atoms with Crippen LogP contribution in [0.5, 0.6) is 0 Å². The van der Waals surface area contributed by atoms with Crippen LogP contribution in [0.25, 0.3) is 0 Å². The third-order valence-corrected chi connectivity index (χ3v) is 2.70. The summed E-state index contributed by atoms with van der Waals surface area (Å²) in [6.45, 7) is 5.35. The van der Waals surface area contributed by atoms with E-state index < -0.39 is 5.97 Å². The lowest BCUT2D eigenvalue weighted by atomic mass is 10.3. The number of nitrogens with one attached hydrogen (secondary N) is 1. The van der Waals surface area contributed by atoms with Crippen molar-refractivity contribution in [1.82, 2.24) is 5.32 Å². The fraction of sp³-hybridized carbons (Fsp3) is 0.286. The van der Waals surface area contributed by atoms with Crippen LogP contribution in [-0.2, 0) is 9.53 Å². The Balaban J connectivity index is 2.39. The number of halogens is 1. The lowest BCUT2D eigenvalue weighted by Crippen LogP contribution is -2.39. The number of nitrogens with zero attached hydrogens (tertiary/aromatic N) is 1. The number of hydrogen-bond acceptors (Lipinski definition) is 3. The van der Waals surface area contributed by atoms with Gasteiger partial charge in [-0.3, -0.25) is 4.90 Å². The van der Waals surface area contributed by atoms with E-state index in [2.05, 4.69) is 11.9 Å². The Bertz CT molecular complexity index is 517. The van der Waals surface area contributed by atoms with Gasteiger partial charge in [0.15, 0.2) is 0 Å². The first kappa shape index (κ1) is 16.0. The monoisotopic (exact) mass is 296 g/mol. The highest BCUT2D eigenvalue weighted by Gasteiger charge is 2.10. The zero-order valence-corrected chi connectivity index (χ0v) is 12.2. The molecular formula is C14H17ClN2O3. The van der Waals surface area contributed by atoms with Gasteiger partial charge in [-0.1, -0.05) is 24.2 Å². The average molecular weight is 297 g/mol. The highest BCUT2D eigenvalue weighted by atomic mass is 35.5. The molecule has 0 aliphatic heterocycles. The van der Waals surface area contributed by atoms with Crippen LogP contribution in [0.15, 0.2) is 36.4 Å². The van der Waals surface area contributed by atoms with Crippen molar-refractivity contribution in [2.45, 2.75) is 6.92 Å². The quantitative estimate of drug-likeness (QED) is 0.516. The van der Waals surface area contributed by atoms with E-state index in [1.165, 1.54) is 4.90 Å². The lowest BCUT2D eigenvalue weighted by molar-refractivity contribution is -0.138. The minimum Gasteiger partial charge on any atom is -0.460 e. The van der Waals surface area contributed by atoms with E-state index in [1.54, 1.807) is 38.2 Å². The molecule has 0 atom stereocenters. The molecule has 2 amide bonds. The lowest BCUT2D eigenvalue weighted by Gasteiger charge is -2.18. The van der Waals surface area contributed by atoms with Crippen LogP contribution in [0.4, 0.5) is 10.5 Å². The molecule has 0 saturated carbocycles. The van der Waals surface area contributed by atoms with Gasteiger partial charge in [0, 0.05) is 23.3 Å². The van der Waals surface area contributed by atoms with Gasteiger partial charge in [-0.2, -0.15) is 0 Å². The fourth-order valence-corrected chi connectivity index (χ4v) is 1.53. The molecule has 0 aliphatic rings. The zero-order chi connectivity index (χ0) is 15.1. The summed E-state index contributed by atoms with van der Waals surface area (Å²) in [6.07, 6.45) is 0. The molecule has 0 unspecified atom stereocenters. The maximum atomic E-state index is 11.8. The first-order chi connectivity index (χ1) is 9.41. The van der Waals surface area contributed by atoms with Gasteiger partial charge in [-0.15, -0.1) is 0 Å². The molecule has 20 heavy (non-hydrogen) atoms. The van der Waals surface area contributed by atoms with Crippen molar-refractivity contribution < 1.29 is 14.3 Å². The molecule has 0 bridgehead atoms. The Labute approximate surface area is 123 Å². The van der Waals surface area contributed by atoms with Gasteiger partial charge in [0.05, 0.1) is 6.54 Å². The molecule has 0 heterocycles. The van der Waals surface area contributed by atoms with Crippen molar-refractivity contribution in [2.24, 2.45) is 0 Å². The Hall–Kier alpha value is -2.01. The summed E-state index contributed by atoms with van der Waals surface area (Å²) < 4.78 is 4.87. The molecule has 5 nitrogen and oxygen atoms in total. The Kier molecular flexibility index (Phi) is 6.06. The number of amides is 2. The van der Waals surface area contributed by atoms with Gasteiger partial charge in [-0.05, 0) is 25.1 Å². The van der Waals surface area contributed by atoms with E-state index in [-0.39, 0.29) is 19.2 Å². The molecule has 1 aromatic carbocycles. The van der Waals surface area contributed by atoms with Gasteiger partial charge in [-0.25, -0.2) is 9.59 Å². The van der Waals surface area contributed by atoms with Gasteiger partial charge >= 0.3 is 12.0 Å². The zero-order valence-electron chi connectivity index (χ0n) is 11.5. The largest absolute Gasteiger partial charge is 0.460 e. The summed E-state index contributed by atoms with van der Waals surface area (Å²) in [5.74, 6) is -0.470. The van der Waals surface area contributed by atoms with Gasteiger partial charge in [0.2, 0.25) is 0 Å². The van der Waals surface area contributed by atoms with E-state index in [0.29, 0.717) is 16.3 Å². The predicted molar refractivity (Wildman–Crippen MR) is 79.0 cm³/mol. The molecule has 1 aromatic rings. The minimum atomic E-state index is -0.470. The standard InChI is InChI=1S/C14H17ClN2O3/c1-10(2)13(18)20-8-7-16-14(19)17(3)12-6-4-5-11(15)9-12/h4-6,9H,1,7-8H2,2-3H3,(H,16,19). The molecule has 1 rings (SSSR count). The van der Waals surface area contributed by atoms with Crippen LogP contribution in [0.1, 0.15) is 6.92 Å². The summed E-state index contributed by atoms with van der Waals surface area (Å²) in [5.41, 5.74) is 1.00. The van der Waals surface area contributed by atoms with Gasteiger partial charge in [0.1, 0.15) is 6.61 Å². The summed E-state index contributed by atoms with van der Waals surface area (Å²) in [5, 5.41) is 3.18. The normalized spacial score (nSPS) is 9.75. The first-order valence-corrected chi connectivity index (χ1v) is 6.39. The van der Waals surface area contributed by atoms with Crippen LogP contribution < -0.4 is 10.2 Å². The first-order valence-electron chi connectivity index (χ1n) is 6.01. The average Bonchev–Trinajstić information content (AvgIpc) is 2.42. The summed E-state index contributed by atoms with van der Waals surface area (Å²) in [4.78, 5) is 24.4. The third-order valence-electron chi connectivity index (χ3n) is 2.46. The van der Waals surface area contributed by atoms with Crippen LogP contribution >= 0.6 is 11.6 Å². The summed E-state index contributed by atoms with van der Waals surface area (Å²) >= 11 is 5.86. The highest BCUT2D eigenvalue weighted by Crippen LogP contribution is 2.18. The molecule has 0 aliphatic carbocycles. The molecular weight excluding hydrogens is 280 g/mol. The van der Waals surface area contributed by atoms with Crippen LogP contribution in [0.3, 0.4) is 0 Å². The number of urea groups is 1. The minimum absolute atomic E-state index is 0.0980. The molecule has 108 valence electrons. The van der Waals surface area contributed by atoms with Crippen molar-refractivity contribution in [3.05, 3.63) is 41.4 Å². The molecule has 6 heteroatoms. The van der Waals surface area contributed by atoms with E-state index in [0.717, 1.165) is 0 Å². The fourth-order valence-electron chi connectivity index (χ4n) is 1.35. The van der Waals surface area contributed by atoms with Crippen molar-refractivity contribution in [3.8, 4) is 0 Å². The SMILES string of the molecule is C=C(C)C(=O)OCCNC(=O)N(C)c1cccc(Cl)c1. The van der Waals surface area contributed by atoms with E-state index in [1.807, 2.05) is 0 Å². The molecule has 0 saturated heterocycles. The number of benzene rings is 1. The van der Waals surface area contributed by atoms with Crippen LogP contribution in [0.2, 0.25) is 5.02 Å². The number of hydrogen-bond donors (Lipinski definition) is 1. The van der Waals surface area contributed by atoms with E-state index >= 15 is 0 Å². The predicted octanol–water partition coefficient (Wildman–Crippen LogP) is 2.61. The van der Waals surface area contributed by atoms with Crippen molar-refractivity contribution in [1.29, 1.82) is 0 Å². The number of anilines is 1. The molecule has 0 spiro atoms. The molecule has 0 aromatic heterocycles. The van der Waals surface area contributed by atoms with Crippen molar-refractivity contribution in [3.63, 3.8) is 0 Å². The number of carbonyl (C=O) groups is 2. The molecule has 1 N–H and O–H groups in total. The van der Waals surface area contributed by atoms with Gasteiger partial charge < -0.3 is 10.1 Å². The maximum Gasteiger partial charge on any atom is 0.333 e. The molecule has 0 fully saturated rings. The Morgan fingerprint density at radius 2 is 2.15 bits per heavy atom. The maximum absolute atomic E-state index is 11.8. The number of carbonyl (C=O) groups excluding carboxylic acids is 2. The van der Waals surface area contributed by atoms with Crippen LogP contribution in [-0.4, -0.2) is 32.2 Å². The second-order valence-corrected chi connectivity index (χ2v) is 4.62. The molecule has 0 radical (unpaired) electrons. The van der Waals surface area contributed by atoms with E-state index in [4.69, 9.17) is 16.3 Å². The van der Waals surface area contributed by atoms with Crippen molar-refractivity contribution in [2.75, 3.05) is 25.1 Å². The smallest absolute Gasteiger partial charge is 0.333 e. The second kappa shape index (κ2) is 7.55. The van der Waals surface area contributed by atoms with Crippen molar-refractivity contribution >= 4 is 29.3 Å². The third kappa shape index (κ3) is 4.93. The number of rotatable bonds is 5. The Morgan fingerprint density at radius 1 is 1.45 bits per heavy atom. The van der Waals surface area contributed by atoms with Crippen LogP contribution in [0, 0.1) is 0 Å². The second-order valence-electron chi connectivity index (χ2n) is 4.19. The number of ether oxygens (including phenoxy) is 1. The Morgan fingerprint density at radius 3 is 2.75 bits per heavy atom. The summed E-state index contributed by atoms with van der Waals surface area (Å²) in [7, 11) is 1.63. The van der Waals surface area contributed by atoms with Gasteiger partial charge in [0.25, 0.3) is 0 Å². The van der Waals surface area contributed by atoms with E-state index in [9.17, 15) is 9.59 Å².